The Morgan fingerprint density at radius 3 is 1.51 bits per heavy atom. The van der Waals surface area contributed by atoms with E-state index in [0.29, 0.717) is 0 Å². The Hall–Kier alpha value is -1.08. The standard InChI is InChI=1S/C11H12O5.3C8H17.Sn/c12-9(6-10(13)14)11(15)16-7-8-4-2-1-3-5-8;3*1-3-5-7-8-6-4-2;/h1-5,9,12H,6-7H2,(H,13,14);3*1,3-8H2,2H3;/q;;;;+1/p-1. The molecule has 0 aliphatic rings. The van der Waals surface area contributed by atoms with Crippen LogP contribution in [0.4, 0.5) is 0 Å². The van der Waals surface area contributed by atoms with Crippen molar-refractivity contribution in [3.05, 3.63) is 35.9 Å². The summed E-state index contributed by atoms with van der Waals surface area (Å²) in [5, 5.41) is 10.5. The van der Waals surface area contributed by atoms with E-state index in [1.165, 1.54) is 96.3 Å². The number of hydrogen-bond donors (Lipinski definition) is 1. The molecule has 1 aromatic rings. The average Bonchev–Trinajstić information content (AvgIpc) is 2.97. The Labute approximate surface area is 257 Å². The zero-order valence-corrected chi connectivity index (χ0v) is 29.7. The molecule has 1 rings (SSSR count). The van der Waals surface area contributed by atoms with E-state index in [-0.39, 0.29) is 13.0 Å². The van der Waals surface area contributed by atoms with Crippen LogP contribution in [0, 0.1) is 0 Å². The van der Waals surface area contributed by atoms with E-state index in [1.807, 2.05) is 30.3 Å². The molecule has 0 spiro atoms. The number of esters is 1. The van der Waals surface area contributed by atoms with Gasteiger partial charge in [0.05, 0.1) is 0 Å². The first kappa shape index (κ1) is 37.9. The van der Waals surface area contributed by atoms with Gasteiger partial charge >= 0.3 is 258 Å². The number of benzene rings is 1. The molecular weight excluding hydrogens is 619 g/mol. The molecule has 0 fully saturated rings. The molecular formula is C35H62O5Sn. The van der Waals surface area contributed by atoms with Gasteiger partial charge in [-0.3, -0.25) is 0 Å². The van der Waals surface area contributed by atoms with Crippen LogP contribution in [0.25, 0.3) is 0 Å². The topological polar surface area (TPSA) is 72.8 Å². The quantitative estimate of drug-likeness (QED) is 0.0569. The van der Waals surface area contributed by atoms with Crippen LogP contribution in [-0.2, 0) is 24.0 Å². The average molecular weight is 682 g/mol. The third-order valence-electron chi connectivity index (χ3n) is 8.14. The molecule has 1 unspecified atom stereocenters. The Bertz CT molecular complexity index is 728. The molecule has 0 bridgehead atoms. The van der Waals surface area contributed by atoms with Crippen molar-refractivity contribution in [2.24, 2.45) is 0 Å². The number of aliphatic hydroxyl groups excluding tert-OH is 1. The minimum absolute atomic E-state index is 0.0864. The maximum absolute atomic E-state index is 13.2. The molecule has 0 amide bonds. The van der Waals surface area contributed by atoms with Crippen molar-refractivity contribution in [2.75, 3.05) is 0 Å². The summed E-state index contributed by atoms with van der Waals surface area (Å²) >= 11 is -3.29. The zero-order chi connectivity index (χ0) is 30.0. The first-order valence-electron chi connectivity index (χ1n) is 17.1. The predicted octanol–water partition coefficient (Wildman–Crippen LogP) is 10.1. The Morgan fingerprint density at radius 1 is 0.659 bits per heavy atom. The summed E-state index contributed by atoms with van der Waals surface area (Å²) in [6.07, 6.45) is 20.5. The van der Waals surface area contributed by atoms with E-state index in [2.05, 4.69) is 20.8 Å². The van der Waals surface area contributed by atoms with Crippen LogP contribution in [0.1, 0.15) is 148 Å². The second-order valence-electron chi connectivity index (χ2n) is 12.0. The number of carbonyl (C=O) groups is 2. The molecule has 0 saturated carbocycles. The third kappa shape index (κ3) is 19.7. The minimum atomic E-state index is -3.29. The van der Waals surface area contributed by atoms with Gasteiger partial charge < -0.3 is 0 Å². The Kier molecular flexibility index (Phi) is 23.5. The number of carbonyl (C=O) groups excluding carboxylic acids is 2. The summed E-state index contributed by atoms with van der Waals surface area (Å²) in [6.45, 7) is 6.82. The molecule has 0 aliphatic carbocycles. The Morgan fingerprint density at radius 2 is 1.07 bits per heavy atom. The van der Waals surface area contributed by atoms with Crippen LogP contribution in [0.5, 0.6) is 0 Å². The molecule has 41 heavy (non-hydrogen) atoms. The van der Waals surface area contributed by atoms with Crippen LogP contribution in [0.3, 0.4) is 0 Å². The zero-order valence-electron chi connectivity index (χ0n) is 26.8. The molecule has 0 aromatic heterocycles. The SMILES string of the molecule is CCCCCCC[CH2][Sn]([CH2]CCCCCCC)([CH2]CCCCCCC)[O]C(=O)CC(O)C(=O)OCc1ccccc1. The van der Waals surface area contributed by atoms with Crippen LogP contribution < -0.4 is 0 Å². The monoisotopic (exact) mass is 682 g/mol. The molecule has 5 nitrogen and oxygen atoms in total. The normalized spacial score (nSPS) is 12.3. The number of ether oxygens (including phenoxy) is 1. The summed E-state index contributed by atoms with van der Waals surface area (Å²) in [5.41, 5.74) is 0.850. The molecule has 236 valence electrons. The predicted molar refractivity (Wildman–Crippen MR) is 173 cm³/mol. The van der Waals surface area contributed by atoms with E-state index in [1.54, 1.807) is 0 Å². The maximum atomic E-state index is 13.2. The van der Waals surface area contributed by atoms with Crippen LogP contribution in [-0.4, -0.2) is 41.9 Å². The fourth-order valence-corrected chi connectivity index (χ4v) is 17.8. The number of hydrogen-bond acceptors (Lipinski definition) is 5. The summed E-state index contributed by atoms with van der Waals surface area (Å²) in [4.78, 5) is 25.7. The summed E-state index contributed by atoms with van der Waals surface area (Å²) in [5.74, 6) is -1.15. The van der Waals surface area contributed by atoms with Crippen LogP contribution >= 0.6 is 0 Å². The molecule has 0 saturated heterocycles. The molecule has 0 heterocycles. The van der Waals surface area contributed by atoms with Gasteiger partial charge in [-0.25, -0.2) is 0 Å². The third-order valence-corrected chi connectivity index (χ3v) is 20.9. The number of aliphatic hydroxyl groups is 1. The van der Waals surface area contributed by atoms with Crippen molar-refractivity contribution in [1.82, 2.24) is 0 Å². The van der Waals surface area contributed by atoms with Gasteiger partial charge in [0.15, 0.2) is 0 Å². The van der Waals surface area contributed by atoms with Crippen molar-refractivity contribution in [2.45, 2.75) is 169 Å². The van der Waals surface area contributed by atoms with Gasteiger partial charge in [-0.1, -0.05) is 0 Å². The van der Waals surface area contributed by atoms with Crippen molar-refractivity contribution in [3.63, 3.8) is 0 Å². The summed E-state index contributed by atoms with van der Waals surface area (Å²) < 4.78 is 15.0. The second kappa shape index (κ2) is 25.4. The van der Waals surface area contributed by atoms with E-state index in [4.69, 9.17) is 7.81 Å². The van der Waals surface area contributed by atoms with Crippen molar-refractivity contribution >= 4 is 30.7 Å². The van der Waals surface area contributed by atoms with Crippen molar-refractivity contribution < 1.29 is 22.5 Å². The fraction of sp³-hybridized carbons (Fsp3) is 0.771. The van der Waals surface area contributed by atoms with Crippen molar-refractivity contribution in [3.8, 4) is 0 Å². The summed E-state index contributed by atoms with van der Waals surface area (Å²) in [7, 11) is 0. The first-order valence-corrected chi connectivity index (χ1v) is 24.3. The van der Waals surface area contributed by atoms with Gasteiger partial charge in [-0.2, -0.15) is 0 Å². The molecule has 0 radical (unpaired) electrons. The molecule has 6 heteroatoms. The van der Waals surface area contributed by atoms with Crippen LogP contribution in [0.2, 0.25) is 13.3 Å². The first-order chi connectivity index (χ1) is 20.0. The van der Waals surface area contributed by atoms with Gasteiger partial charge in [0.1, 0.15) is 0 Å². The van der Waals surface area contributed by atoms with E-state index < -0.39 is 36.8 Å². The van der Waals surface area contributed by atoms with E-state index in [0.717, 1.165) is 38.1 Å². The van der Waals surface area contributed by atoms with Crippen molar-refractivity contribution in [1.29, 1.82) is 0 Å². The second-order valence-corrected chi connectivity index (χ2v) is 23.6. The number of rotatable bonds is 27. The molecule has 1 N–H and O–H groups in total. The molecule has 1 atom stereocenters. The van der Waals surface area contributed by atoms with Gasteiger partial charge in [0, 0.05) is 0 Å². The van der Waals surface area contributed by atoms with Gasteiger partial charge in [-0.15, -0.1) is 0 Å². The Balaban J connectivity index is 2.81. The van der Waals surface area contributed by atoms with E-state index in [9.17, 15) is 14.7 Å². The molecule has 1 aromatic carbocycles. The van der Waals surface area contributed by atoms with Gasteiger partial charge in [-0.05, 0) is 0 Å². The number of unbranched alkanes of at least 4 members (excludes halogenated alkanes) is 15. The van der Waals surface area contributed by atoms with Gasteiger partial charge in [0.2, 0.25) is 0 Å². The fourth-order valence-electron chi connectivity index (χ4n) is 5.56. The van der Waals surface area contributed by atoms with Gasteiger partial charge in [0.25, 0.3) is 0 Å². The summed E-state index contributed by atoms with van der Waals surface area (Å²) in [6, 6.07) is 9.38. The van der Waals surface area contributed by atoms with Crippen LogP contribution in [0.15, 0.2) is 30.3 Å². The van der Waals surface area contributed by atoms with E-state index >= 15 is 0 Å². The molecule has 0 aliphatic heterocycles.